The van der Waals surface area contributed by atoms with Gasteiger partial charge < -0.3 is 15.7 Å². The molecule has 0 aliphatic carbocycles. The Labute approximate surface area is 172 Å². The number of hydrogen-bond acceptors (Lipinski definition) is 9. The first-order chi connectivity index (χ1) is 12.8. The minimum atomic E-state index is -1.41. The van der Waals surface area contributed by atoms with Crippen LogP contribution in [0.5, 0.6) is 0 Å². The summed E-state index contributed by atoms with van der Waals surface area (Å²) in [5.41, 5.74) is 4.69. The summed E-state index contributed by atoms with van der Waals surface area (Å²) in [4.78, 5) is 23.8. The Bertz CT molecular complexity index is 895. The van der Waals surface area contributed by atoms with E-state index in [9.17, 15) is 9.50 Å². The normalized spacial score (nSPS) is 24.4. The third-order valence-corrected chi connectivity index (χ3v) is 5.85. The van der Waals surface area contributed by atoms with Crippen molar-refractivity contribution in [3.05, 3.63) is 42.0 Å². The molecule has 0 amide bonds. The maximum Gasteiger partial charge on any atom is 0.225 e. The van der Waals surface area contributed by atoms with E-state index >= 15 is 0 Å². The summed E-state index contributed by atoms with van der Waals surface area (Å²) in [6.45, 7) is 4.06. The average Bonchev–Trinajstić information content (AvgIpc) is 3.02. The Morgan fingerprint density at radius 1 is 1.32 bits per heavy atom. The Hall–Kier alpha value is -2.04. The molecule has 4 rings (SSSR count). The molecule has 8 nitrogen and oxygen atoms in total. The van der Waals surface area contributed by atoms with E-state index in [0.717, 1.165) is 17.6 Å². The van der Waals surface area contributed by atoms with Crippen molar-refractivity contribution in [2.24, 2.45) is 16.6 Å². The van der Waals surface area contributed by atoms with E-state index in [1.165, 1.54) is 25.6 Å². The predicted octanol–water partition coefficient (Wildman–Crippen LogP) is 1.45. The Morgan fingerprint density at radius 2 is 2.11 bits per heavy atom. The minimum absolute atomic E-state index is 0. The fraction of sp³-hybridized carbons (Fsp3) is 0.471. The molecular formula is C17H21ClFN7OS. The molecule has 11 heteroatoms. The van der Waals surface area contributed by atoms with Crippen molar-refractivity contribution in [2.45, 2.75) is 25.0 Å². The predicted molar refractivity (Wildman–Crippen MR) is 108 cm³/mol. The van der Waals surface area contributed by atoms with Gasteiger partial charge in [-0.2, -0.15) is 0 Å². The van der Waals surface area contributed by atoms with E-state index in [-0.39, 0.29) is 24.0 Å². The molecule has 0 aromatic carbocycles. The van der Waals surface area contributed by atoms with Gasteiger partial charge in [0.2, 0.25) is 5.95 Å². The largest absolute Gasteiger partial charge is 0.384 e. The molecular weight excluding hydrogens is 405 g/mol. The molecule has 0 radical (unpaired) electrons. The van der Waals surface area contributed by atoms with Crippen LogP contribution in [-0.2, 0) is 11.1 Å². The van der Waals surface area contributed by atoms with Crippen LogP contribution in [0.2, 0.25) is 0 Å². The van der Waals surface area contributed by atoms with Crippen LogP contribution in [0.3, 0.4) is 0 Å². The second-order valence-electron chi connectivity index (χ2n) is 7.28. The van der Waals surface area contributed by atoms with Crippen LogP contribution < -0.4 is 10.6 Å². The molecule has 2 aromatic rings. The quantitative estimate of drug-likeness (QED) is 0.759. The van der Waals surface area contributed by atoms with Gasteiger partial charge in [-0.05, 0) is 13.8 Å². The maximum atomic E-state index is 14.1. The smallest absolute Gasteiger partial charge is 0.225 e. The summed E-state index contributed by atoms with van der Waals surface area (Å²) in [5.74, 6) is 0.627. The van der Waals surface area contributed by atoms with Crippen LogP contribution in [0.25, 0.3) is 0 Å². The van der Waals surface area contributed by atoms with Crippen molar-refractivity contribution >= 4 is 35.3 Å². The number of nitrogens with zero attached hydrogens (tertiary/aromatic N) is 6. The number of aromatic nitrogens is 4. The highest BCUT2D eigenvalue weighted by atomic mass is 35.5. The van der Waals surface area contributed by atoms with Gasteiger partial charge in [0.15, 0.2) is 11.0 Å². The van der Waals surface area contributed by atoms with Crippen LogP contribution in [0, 0.1) is 11.7 Å². The van der Waals surface area contributed by atoms with Crippen molar-refractivity contribution < 1.29 is 9.50 Å². The number of fused-ring (bicyclic) bond motifs is 1. The number of anilines is 1. The van der Waals surface area contributed by atoms with Gasteiger partial charge in [-0.1, -0.05) is 11.8 Å². The zero-order valence-electron chi connectivity index (χ0n) is 15.4. The second kappa shape index (κ2) is 7.41. The fourth-order valence-electron chi connectivity index (χ4n) is 3.60. The first-order valence-electron chi connectivity index (χ1n) is 8.54. The molecule has 0 saturated carbocycles. The lowest BCUT2D eigenvalue weighted by Crippen LogP contribution is -2.40. The molecule has 1 saturated heterocycles. The zero-order valence-corrected chi connectivity index (χ0v) is 17.0. The summed E-state index contributed by atoms with van der Waals surface area (Å²) in [6.07, 6.45) is 6.05. The summed E-state index contributed by atoms with van der Waals surface area (Å²) >= 11 is 1.51. The fourth-order valence-corrected chi connectivity index (χ4v) is 4.58. The molecule has 2 aromatic heterocycles. The topological polar surface area (TPSA) is 113 Å². The van der Waals surface area contributed by atoms with E-state index < -0.39 is 17.0 Å². The lowest BCUT2D eigenvalue weighted by molar-refractivity contribution is 0.0693. The second-order valence-corrected chi connectivity index (χ2v) is 8.32. The van der Waals surface area contributed by atoms with Crippen LogP contribution >= 0.6 is 24.2 Å². The number of amidine groups is 1. The molecule has 2 atom stereocenters. The number of aliphatic imine (C=N–C) groups is 1. The lowest BCUT2D eigenvalue weighted by Gasteiger charge is -2.33. The molecule has 0 bridgehead atoms. The van der Waals surface area contributed by atoms with Gasteiger partial charge in [-0.15, -0.1) is 12.4 Å². The molecule has 4 heterocycles. The van der Waals surface area contributed by atoms with Crippen LogP contribution in [0.15, 0.2) is 29.8 Å². The monoisotopic (exact) mass is 425 g/mol. The standard InChI is InChI=1S/C17H20FN7OS.ClH/c1-16(2,26)13-11(18)5-22-15(23-13)25-7-10-8-27-14(19)24-17(10,9-25)12-6-20-3-4-21-12;/h3-6,10,26H,7-9H2,1-2H3,(H2,19,24);1H/t10-,17?;/m0./s1. The van der Waals surface area contributed by atoms with Gasteiger partial charge in [0.05, 0.1) is 24.6 Å². The number of halogens is 2. The third kappa shape index (κ3) is 3.51. The van der Waals surface area contributed by atoms with E-state index in [4.69, 9.17) is 10.7 Å². The summed E-state index contributed by atoms with van der Waals surface area (Å²) in [6, 6.07) is 0. The highest BCUT2D eigenvalue weighted by Crippen LogP contribution is 2.45. The minimum Gasteiger partial charge on any atom is -0.384 e. The highest BCUT2D eigenvalue weighted by Gasteiger charge is 2.52. The summed E-state index contributed by atoms with van der Waals surface area (Å²) in [7, 11) is 0. The third-order valence-electron chi connectivity index (χ3n) is 4.89. The van der Waals surface area contributed by atoms with Crippen molar-refractivity contribution in [1.29, 1.82) is 0 Å². The number of hydrogen-bond donors (Lipinski definition) is 2. The van der Waals surface area contributed by atoms with E-state index in [0.29, 0.717) is 24.2 Å². The molecule has 0 spiro atoms. The van der Waals surface area contributed by atoms with Crippen LogP contribution in [0.4, 0.5) is 10.3 Å². The van der Waals surface area contributed by atoms with Crippen LogP contribution in [0.1, 0.15) is 25.2 Å². The van der Waals surface area contributed by atoms with Crippen molar-refractivity contribution in [2.75, 3.05) is 23.7 Å². The van der Waals surface area contributed by atoms with Gasteiger partial charge >= 0.3 is 0 Å². The Kier molecular flexibility index (Phi) is 5.48. The number of thioether (sulfide) groups is 1. The number of rotatable bonds is 3. The first-order valence-corrected chi connectivity index (χ1v) is 9.53. The first kappa shape index (κ1) is 20.7. The SMILES string of the molecule is CC(C)(O)c1nc(N2C[C@H]3CSC(N)=NC3(c3cnccn3)C2)ncc1F.Cl. The molecule has 1 fully saturated rings. The van der Waals surface area contributed by atoms with Crippen LogP contribution in [-0.4, -0.2) is 49.1 Å². The Morgan fingerprint density at radius 3 is 2.79 bits per heavy atom. The molecule has 3 N–H and O–H groups in total. The maximum absolute atomic E-state index is 14.1. The van der Waals surface area contributed by atoms with E-state index in [2.05, 4.69) is 19.9 Å². The number of aliphatic hydroxyl groups is 1. The highest BCUT2D eigenvalue weighted by molar-refractivity contribution is 8.13. The molecule has 2 aliphatic rings. The molecule has 2 aliphatic heterocycles. The van der Waals surface area contributed by atoms with Gasteiger partial charge in [-0.3, -0.25) is 9.97 Å². The summed E-state index contributed by atoms with van der Waals surface area (Å²) in [5, 5.41) is 10.7. The molecule has 150 valence electrons. The molecule has 1 unspecified atom stereocenters. The van der Waals surface area contributed by atoms with Gasteiger partial charge in [0.25, 0.3) is 0 Å². The molecule has 28 heavy (non-hydrogen) atoms. The average molecular weight is 426 g/mol. The van der Waals surface area contributed by atoms with Crippen molar-refractivity contribution in [3.63, 3.8) is 0 Å². The van der Waals surface area contributed by atoms with E-state index in [1.807, 2.05) is 4.90 Å². The van der Waals surface area contributed by atoms with Crippen molar-refractivity contribution in [3.8, 4) is 0 Å². The van der Waals surface area contributed by atoms with E-state index in [1.54, 1.807) is 18.6 Å². The number of nitrogens with two attached hydrogens (primary N) is 1. The zero-order chi connectivity index (χ0) is 19.2. The van der Waals surface area contributed by atoms with Gasteiger partial charge in [-0.25, -0.2) is 19.4 Å². The summed E-state index contributed by atoms with van der Waals surface area (Å²) < 4.78 is 14.1. The lowest BCUT2D eigenvalue weighted by atomic mass is 9.86. The van der Waals surface area contributed by atoms with Crippen molar-refractivity contribution in [1.82, 2.24) is 19.9 Å². The van der Waals surface area contributed by atoms with Gasteiger partial charge in [0, 0.05) is 30.6 Å². The Balaban J connectivity index is 0.00000225. The van der Waals surface area contributed by atoms with Gasteiger partial charge in [0.1, 0.15) is 16.8 Å².